The molecular formula is C30H36N6O5S. The summed E-state index contributed by atoms with van der Waals surface area (Å²) in [5.41, 5.74) is 2.35. The summed E-state index contributed by atoms with van der Waals surface area (Å²) in [6, 6.07) is 16.9. The number of aromatic amines is 1. The summed E-state index contributed by atoms with van der Waals surface area (Å²) in [4.78, 5) is 32.4. The molecule has 2 aromatic heterocycles. The number of fused-ring (bicyclic) bond motifs is 1. The van der Waals surface area contributed by atoms with Crippen LogP contribution in [-0.4, -0.2) is 63.4 Å². The van der Waals surface area contributed by atoms with E-state index in [0.717, 1.165) is 24.8 Å². The number of piperidine rings is 1. The first-order valence-corrected chi connectivity index (χ1v) is 15.8. The lowest BCUT2D eigenvalue weighted by molar-refractivity contribution is -0.149. The lowest BCUT2D eigenvalue weighted by Gasteiger charge is -2.30. The van der Waals surface area contributed by atoms with E-state index < -0.39 is 10.0 Å². The zero-order valence-corrected chi connectivity index (χ0v) is 24.7. The van der Waals surface area contributed by atoms with Gasteiger partial charge in [0.2, 0.25) is 10.0 Å². The van der Waals surface area contributed by atoms with Gasteiger partial charge >= 0.3 is 5.97 Å². The Hall–Kier alpha value is -3.90. The van der Waals surface area contributed by atoms with Gasteiger partial charge in [-0.1, -0.05) is 47.7 Å². The number of esters is 1. The van der Waals surface area contributed by atoms with Crippen LogP contribution in [-0.2, 0) is 32.4 Å². The number of benzene rings is 2. The van der Waals surface area contributed by atoms with Crippen molar-refractivity contribution in [3.05, 3.63) is 81.9 Å². The van der Waals surface area contributed by atoms with Gasteiger partial charge in [0.15, 0.2) is 11.2 Å². The number of ether oxygens (including phenoxy) is 1. The van der Waals surface area contributed by atoms with Crippen molar-refractivity contribution in [2.24, 2.45) is 5.92 Å². The number of sulfonamides is 1. The maximum absolute atomic E-state index is 13.2. The molecule has 1 unspecified atom stereocenters. The van der Waals surface area contributed by atoms with Crippen molar-refractivity contribution in [1.82, 2.24) is 29.3 Å². The molecule has 222 valence electrons. The third-order valence-corrected chi connectivity index (χ3v) is 9.65. The maximum atomic E-state index is 13.2. The number of hydrogen-bond acceptors (Lipinski definition) is 8. The molecule has 0 saturated carbocycles. The molecule has 11 nitrogen and oxygen atoms in total. The van der Waals surface area contributed by atoms with Crippen molar-refractivity contribution in [3.8, 4) is 0 Å². The lowest BCUT2D eigenvalue weighted by atomic mass is 9.98. The number of H-pyrrole nitrogens is 1. The molecule has 2 aromatic carbocycles. The number of nitrogens with one attached hydrogen (secondary N) is 1. The van der Waals surface area contributed by atoms with E-state index >= 15 is 0 Å². The summed E-state index contributed by atoms with van der Waals surface area (Å²) in [5.74, 6) is -0.0844. The molecule has 0 amide bonds. The van der Waals surface area contributed by atoms with E-state index in [1.165, 1.54) is 9.87 Å². The zero-order chi connectivity index (χ0) is 29.7. The molecule has 0 radical (unpaired) electrons. The largest absolute Gasteiger partial charge is 0.466 e. The molecule has 5 rings (SSSR count). The molecule has 4 aromatic rings. The second-order valence-electron chi connectivity index (χ2n) is 10.7. The van der Waals surface area contributed by atoms with Crippen molar-refractivity contribution in [3.63, 3.8) is 0 Å². The van der Waals surface area contributed by atoms with Gasteiger partial charge in [0.25, 0.3) is 5.56 Å². The van der Waals surface area contributed by atoms with E-state index in [9.17, 15) is 18.0 Å². The average Bonchev–Trinajstić information content (AvgIpc) is 3.43. The number of nitrogens with zero attached hydrogens (tertiary/aromatic N) is 5. The molecule has 3 heterocycles. The SMILES string of the molecule is CCOC(=O)C1CCN(S(=O)(=O)c2ccc(Cc3nc4c(nnn4C(C)CCCc4ccccc4)c(=O)[nH]3)cc2)CC1. The molecule has 0 aliphatic carbocycles. The first-order chi connectivity index (χ1) is 20.3. The van der Waals surface area contributed by atoms with Gasteiger partial charge in [0.05, 0.1) is 23.5 Å². The first-order valence-electron chi connectivity index (χ1n) is 14.4. The smallest absolute Gasteiger partial charge is 0.309 e. The Morgan fingerprint density at radius 2 is 1.79 bits per heavy atom. The molecule has 1 fully saturated rings. The summed E-state index contributed by atoms with van der Waals surface area (Å²) >= 11 is 0. The molecule has 1 N–H and O–H groups in total. The van der Waals surface area contributed by atoms with E-state index in [2.05, 4.69) is 32.4 Å². The number of rotatable bonds is 11. The normalized spacial score (nSPS) is 15.6. The number of hydrogen-bond donors (Lipinski definition) is 1. The van der Waals surface area contributed by atoms with Crippen molar-refractivity contribution in [2.75, 3.05) is 19.7 Å². The van der Waals surface area contributed by atoms with Crippen molar-refractivity contribution >= 4 is 27.2 Å². The topological polar surface area (TPSA) is 140 Å². The fraction of sp³-hybridized carbons (Fsp3) is 0.433. The van der Waals surface area contributed by atoms with Gasteiger partial charge in [0.1, 0.15) is 5.82 Å². The summed E-state index contributed by atoms with van der Waals surface area (Å²) in [7, 11) is -3.69. The summed E-state index contributed by atoms with van der Waals surface area (Å²) < 4.78 is 34.6. The van der Waals surface area contributed by atoms with Crippen LogP contribution in [0.3, 0.4) is 0 Å². The molecule has 0 spiro atoms. The highest BCUT2D eigenvalue weighted by Crippen LogP contribution is 2.25. The van der Waals surface area contributed by atoms with Crippen molar-refractivity contribution < 1.29 is 17.9 Å². The highest BCUT2D eigenvalue weighted by Gasteiger charge is 2.32. The van der Waals surface area contributed by atoms with Gasteiger partial charge in [-0.3, -0.25) is 9.59 Å². The minimum atomic E-state index is -3.69. The van der Waals surface area contributed by atoms with Crippen LogP contribution in [0.5, 0.6) is 0 Å². The van der Waals surface area contributed by atoms with Crippen molar-refractivity contribution in [2.45, 2.75) is 63.3 Å². The quantitative estimate of drug-likeness (QED) is 0.260. The summed E-state index contributed by atoms with van der Waals surface area (Å²) in [5, 5.41) is 8.29. The van der Waals surface area contributed by atoms with E-state index in [1.807, 2.05) is 25.1 Å². The van der Waals surface area contributed by atoms with E-state index in [1.54, 1.807) is 35.9 Å². The monoisotopic (exact) mass is 592 g/mol. The number of aryl methyl sites for hydroxylation is 1. The predicted octanol–water partition coefficient (Wildman–Crippen LogP) is 3.65. The van der Waals surface area contributed by atoms with Crippen LogP contribution in [0, 0.1) is 5.92 Å². The van der Waals surface area contributed by atoms with E-state index in [-0.39, 0.29) is 47.0 Å². The molecular weight excluding hydrogens is 556 g/mol. The highest BCUT2D eigenvalue weighted by molar-refractivity contribution is 7.89. The minimum absolute atomic E-state index is 0.00714. The molecule has 1 aliphatic rings. The number of carbonyl (C=O) groups is 1. The second kappa shape index (κ2) is 13.0. The minimum Gasteiger partial charge on any atom is -0.466 e. The summed E-state index contributed by atoms with van der Waals surface area (Å²) in [6.45, 7) is 4.65. The van der Waals surface area contributed by atoms with E-state index in [0.29, 0.717) is 37.3 Å². The van der Waals surface area contributed by atoms with Crippen LogP contribution >= 0.6 is 0 Å². The molecule has 1 aliphatic heterocycles. The molecule has 1 saturated heterocycles. The molecule has 12 heteroatoms. The number of aromatic nitrogens is 5. The van der Waals surface area contributed by atoms with Crippen LogP contribution < -0.4 is 5.56 Å². The Kier molecular flexibility index (Phi) is 9.12. The fourth-order valence-corrected chi connectivity index (χ4v) is 6.82. The van der Waals surface area contributed by atoms with Crippen LogP contribution in [0.25, 0.3) is 11.2 Å². The third-order valence-electron chi connectivity index (χ3n) is 7.74. The Labute approximate surface area is 245 Å². The standard InChI is InChI=1S/C30H36N6O5S/c1-3-41-30(38)24-16-18-35(19-17-24)42(39,40)25-14-12-23(13-15-25)20-26-31-28-27(29(37)32-26)33-34-36(28)21(2)8-7-11-22-9-5-4-6-10-22/h4-6,9-10,12-15,21,24H,3,7-8,11,16-20H2,1-2H3,(H,31,32,37). The fourth-order valence-electron chi connectivity index (χ4n) is 5.35. The lowest BCUT2D eigenvalue weighted by Crippen LogP contribution is -2.40. The number of carbonyl (C=O) groups excluding carboxylic acids is 1. The molecule has 0 bridgehead atoms. The van der Waals surface area contributed by atoms with Crippen LogP contribution in [0.15, 0.2) is 64.3 Å². The van der Waals surface area contributed by atoms with Gasteiger partial charge in [-0.2, -0.15) is 4.31 Å². The molecule has 42 heavy (non-hydrogen) atoms. The summed E-state index contributed by atoms with van der Waals surface area (Å²) in [6.07, 6.45) is 3.96. The predicted molar refractivity (Wildman–Crippen MR) is 157 cm³/mol. The molecule has 1 atom stereocenters. The first kappa shape index (κ1) is 29.6. The van der Waals surface area contributed by atoms with Gasteiger partial charge in [-0.15, -0.1) is 5.10 Å². The van der Waals surface area contributed by atoms with Crippen LogP contribution in [0.4, 0.5) is 0 Å². The maximum Gasteiger partial charge on any atom is 0.309 e. The van der Waals surface area contributed by atoms with Gasteiger partial charge in [-0.25, -0.2) is 18.1 Å². The van der Waals surface area contributed by atoms with Gasteiger partial charge < -0.3 is 9.72 Å². The van der Waals surface area contributed by atoms with Crippen LogP contribution in [0.2, 0.25) is 0 Å². The average molecular weight is 593 g/mol. The zero-order valence-electron chi connectivity index (χ0n) is 23.9. The van der Waals surface area contributed by atoms with E-state index in [4.69, 9.17) is 4.74 Å². The van der Waals surface area contributed by atoms with Gasteiger partial charge in [-0.05, 0) is 69.2 Å². The second-order valence-corrected chi connectivity index (χ2v) is 12.6. The Morgan fingerprint density at radius 1 is 1.07 bits per heavy atom. The van der Waals surface area contributed by atoms with Gasteiger partial charge in [0, 0.05) is 19.5 Å². The Morgan fingerprint density at radius 3 is 2.48 bits per heavy atom. The van der Waals surface area contributed by atoms with Crippen LogP contribution in [0.1, 0.15) is 62.5 Å². The third kappa shape index (κ3) is 6.60. The van der Waals surface area contributed by atoms with Crippen molar-refractivity contribution in [1.29, 1.82) is 0 Å². The Bertz CT molecular complexity index is 1680. The Balaban J connectivity index is 1.24. The highest BCUT2D eigenvalue weighted by atomic mass is 32.2.